The zero-order chi connectivity index (χ0) is 38.2. The maximum absolute atomic E-state index is 12.2. The topological polar surface area (TPSA) is 311 Å². The Labute approximate surface area is 298 Å². The van der Waals surface area contributed by atoms with Crippen molar-refractivity contribution in [2.75, 3.05) is 6.61 Å². The van der Waals surface area contributed by atoms with Crippen molar-refractivity contribution in [1.82, 2.24) is 0 Å². The van der Waals surface area contributed by atoms with Gasteiger partial charge in [-0.05, 0) is 35.4 Å². The zero-order valence-corrected chi connectivity index (χ0v) is 27.3. The number of hydrogen-bond donors (Lipinski definition) is 14. The highest BCUT2D eigenvalue weighted by Crippen LogP contribution is 2.60. The van der Waals surface area contributed by atoms with Crippen molar-refractivity contribution in [3.05, 3.63) is 81.9 Å². The quantitative estimate of drug-likeness (QED) is 0.124. The fourth-order valence-corrected chi connectivity index (χ4v) is 7.40. The predicted octanol–water partition coefficient (Wildman–Crippen LogP) is 0.510. The van der Waals surface area contributed by atoms with Crippen molar-refractivity contribution < 1.29 is 85.7 Å². The van der Waals surface area contributed by atoms with Gasteiger partial charge in [0.15, 0.2) is 29.1 Å². The normalized spacial score (nSPS) is 29.4. The van der Waals surface area contributed by atoms with Crippen LogP contribution in [0.1, 0.15) is 57.6 Å². The predicted molar refractivity (Wildman–Crippen MR) is 176 cm³/mol. The summed E-state index contributed by atoms with van der Waals surface area (Å²) in [6.45, 7) is -0.837. The van der Waals surface area contributed by atoms with Gasteiger partial charge in [0.25, 0.3) is 0 Å². The van der Waals surface area contributed by atoms with E-state index >= 15 is 0 Å². The lowest BCUT2D eigenvalue weighted by atomic mass is 9.76. The Balaban J connectivity index is 1.48. The second kappa shape index (κ2) is 13.2. The van der Waals surface area contributed by atoms with Crippen molar-refractivity contribution in [3.63, 3.8) is 0 Å². The molecule has 3 heterocycles. The fraction of sp³-hybridized carbons (Fsp3) is 0.333. The average molecular weight is 741 g/mol. The number of benzene rings is 4. The summed E-state index contributed by atoms with van der Waals surface area (Å²) >= 11 is 0. The molecular formula is C36H36O17. The van der Waals surface area contributed by atoms with Crippen molar-refractivity contribution in [3.8, 4) is 57.5 Å². The summed E-state index contributed by atoms with van der Waals surface area (Å²) in [5, 5.41) is 151. The minimum Gasteiger partial charge on any atom is -0.507 e. The van der Waals surface area contributed by atoms with Crippen LogP contribution in [-0.4, -0.2) is 115 Å². The van der Waals surface area contributed by atoms with E-state index in [0.29, 0.717) is 0 Å². The second-order valence-electron chi connectivity index (χ2n) is 13.3. The molecule has 17 heteroatoms. The Bertz CT molecular complexity index is 2070. The Hall–Kier alpha value is -5.40. The van der Waals surface area contributed by atoms with E-state index in [4.69, 9.17) is 14.2 Å². The van der Waals surface area contributed by atoms with Crippen molar-refractivity contribution >= 4 is 0 Å². The molecule has 4 aromatic carbocycles. The molecule has 14 N–H and O–H groups in total. The van der Waals surface area contributed by atoms with Crippen LogP contribution in [0.2, 0.25) is 0 Å². The number of phenols is 8. The number of aromatic hydroxyl groups is 8. The van der Waals surface area contributed by atoms with Crippen molar-refractivity contribution in [1.29, 1.82) is 0 Å². The third kappa shape index (κ3) is 5.78. The minimum atomic E-state index is -1.97. The van der Waals surface area contributed by atoms with E-state index < -0.39 is 125 Å². The molecule has 3 aliphatic rings. The van der Waals surface area contributed by atoms with E-state index in [1.807, 2.05) is 0 Å². The molecule has 4 aromatic rings. The highest BCUT2D eigenvalue weighted by molar-refractivity contribution is 5.68. The van der Waals surface area contributed by atoms with Crippen LogP contribution in [0.5, 0.6) is 57.5 Å². The largest absolute Gasteiger partial charge is 0.507 e. The molecule has 0 saturated carbocycles. The maximum Gasteiger partial charge on any atom is 0.157 e. The highest BCUT2D eigenvalue weighted by atomic mass is 16.6. The summed E-state index contributed by atoms with van der Waals surface area (Å²) in [5.74, 6) is -7.29. The molecule has 17 nitrogen and oxygen atoms in total. The molecule has 1 fully saturated rings. The van der Waals surface area contributed by atoms with Gasteiger partial charge in [-0.2, -0.15) is 0 Å². The second-order valence-corrected chi connectivity index (χ2v) is 13.3. The van der Waals surface area contributed by atoms with Gasteiger partial charge in [0, 0.05) is 35.2 Å². The summed E-state index contributed by atoms with van der Waals surface area (Å²) in [6.07, 6.45) is -15.3. The van der Waals surface area contributed by atoms with Crippen molar-refractivity contribution in [2.24, 2.45) is 0 Å². The van der Waals surface area contributed by atoms with Gasteiger partial charge < -0.3 is 85.7 Å². The zero-order valence-electron chi connectivity index (χ0n) is 27.3. The first kappa shape index (κ1) is 36.0. The lowest BCUT2D eigenvalue weighted by molar-refractivity contribution is -0.232. The first-order valence-electron chi connectivity index (χ1n) is 16.3. The van der Waals surface area contributed by atoms with Crippen LogP contribution in [0, 0.1) is 0 Å². The van der Waals surface area contributed by atoms with Crippen molar-refractivity contribution in [2.45, 2.75) is 67.3 Å². The molecular weight excluding hydrogens is 704 g/mol. The molecule has 7 rings (SSSR count). The number of aliphatic hydroxyl groups is 6. The van der Waals surface area contributed by atoms with Crippen LogP contribution in [0.4, 0.5) is 0 Å². The van der Waals surface area contributed by atoms with Gasteiger partial charge in [-0.25, -0.2) is 0 Å². The summed E-state index contributed by atoms with van der Waals surface area (Å²) in [4.78, 5) is 0. The smallest absolute Gasteiger partial charge is 0.157 e. The molecule has 0 amide bonds. The van der Waals surface area contributed by atoms with Gasteiger partial charge in [0.05, 0.1) is 24.2 Å². The number of fused-ring (bicyclic) bond motifs is 2. The van der Waals surface area contributed by atoms with Gasteiger partial charge >= 0.3 is 0 Å². The lowest BCUT2D eigenvalue weighted by Gasteiger charge is -2.44. The molecule has 10 atom stereocenters. The Morgan fingerprint density at radius 1 is 0.491 bits per heavy atom. The average Bonchev–Trinajstić information content (AvgIpc) is 3.11. The van der Waals surface area contributed by atoms with E-state index in [0.717, 1.165) is 36.4 Å². The summed E-state index contributed by atoms with van der Waals surface area (Å²) in [7, 11) is 0. The van der Waals surface area contributed by atoms with E-state index in [1.54, 1.807) is 0 Å². The Morgan fingerprint density at radius 2 is 1.02 bits per heavy atom. The van der Waals surface area contributed by atoms with Crippen LogP contribution in [0.15, 0.2) is 48.5 Å². The molecule has 0 radical (unpaired) electrons. The van der Waals surface area contributed by atoms with Gasteiger partial charge in [-0.1, -0.05) is 12.1 Å². The Kier molecular flexibility index (Phi) is 8.98. The number of aliphatic hydroxyl groups excluding tert-OH is 6. The fourth-order valence-electron chi connectivity index (χ4n) is 7.40. The number of rotatable bonds is 5. The molecule has 0 aromatic heterocycles. The summed E-state index contributed by atoms with van der Waals surface area (Å²) in [6, 6.07) is 8.76. The first-order chi connectivity index (χ1) is 25.1. The van der Waals surface area contributed by atoms with Gasteiger partial charge in [0.2, 0.25) is 0 Å². The molecule has 0 bridgehead atoms. The Morgan fingerprint density at radius 3 is 1.60 bits per heavy atom. The molecule has 282 valence electrons. The molecule has 0 spiro atoms. The summed E-state index contributed by atoms with van der Waals surface area (Å²) in [5.41, 5.74) is -0.944. The lowest BCUT2D eigenvalue weighted by Crippen LogP contribution is -2.55. The summed E-state index contributed by atoms with van der Waals surface area (Å²) < 4.78 is 18.2. The SMILES string of the molecule is OC[C@H]1O[C@@H](c2c(O)cc(O)c3c2O[C@H](c2ccc(O)c(O)c2)[C@H](O)[C@H]3c2c(O)cc(O)c3c2O[C@H](c2ccc(O)c(O)c2)[C@@H](O)C3)[C@H](O)[C@@H](O)[C@H]1O. The number of phenolic OH excluding ortho intramolecular Hbond substituents is 8. The van der Waals surface area contributed by atoms with E-state index in [9.17, 15) is 71.5 Å². The number of ether oxygens (including phenoxy) is 3. The van der Waals surface area contributed by atoms with Crippen LogP contribution in [0.3, 0.4) is 0 Å². The molecule has 0 aliphatic carbocycles. The molecule has 0 unspecified atom stereocenters. The first-order valence-corrected chi connectivity index (χ1v) is 16.3. The van der Waals surface area contributed by atoms with Gasteiger partial charge in [-0.3, -0.25) is 0 Å². The monoisotopic (exact) mass is 740 g/mol. The maximum atomic E-state index is 12.2. The van der Waals surface area contributed by atoms with Gasteiger partial charge in [0.1, 0.15) is 77.2 Å². The van der Waals surface area contributed by atoms with Crippen LogP contribution in [0.25, 0.3) is 0 Å². The van der Waals surface area contributed by atoms with Gasteiger partial charge in [-0.15, -0.1) is 0 Å². The van der Waals surface area contributed by atoms with Crippen LogP contribution < -0.4 is 9.47 Å². The molecule has 1 saturated heterocycles. The minimum absolute atomic E-state index is 0.00644. The van der Waals surface area contributed by atoms with E-state index in [2.05, 4.69) is 0 Å². The third-order valence-electron chi connectivity index (χ3n) is 10.1. The third-order valence-corrected chi connectivity index (χ3v) is 10.1. The number of hydrogen-bond acceptors (Lipinski definition) is 17. The van der Waals surface area contributed by atoms with E-state index in [1.165, 1.54) is 12.1 Å². The molecule has 3 aliphatic heterocycles. The van der Waals surface area contributed by atoms with Crippen LogP contribution in [-0.2, 0) is 11.2 Å². The van der Waals surface area contributed by atoms with Crippen LogP contribution >= 0.6 is 0 Å². The molecule has 53 heavy (non-hydrogen) atoms. The highest BCUT2D eigenvalue weighted by Gasteiger charge is 2.51. The van der Waals surface area contributed by atoms with E-state index in [-0.39, 0.29) is 40.0 Å². The standard InChI is InChI=1S/C36H36O17/c37-10-23-28(47)30(49)31(50)36(51-23)26-21(45)9-20(44)25-27(29(48)33(53-35(25)26)12-2-4-15(39)18(42)6-12)24-19(43)8-16(40)13-7-22(46)32(52-34(13)24)11-1-3-14(38)17(41)5-11/h1-6,8-9,22-23,27-33,36-50H,7,10H2/t22-,23+,27-,28-,29+,30-,31+,32+,33+,36-/m0/s1.